The topological polar surface area (TPSA) is 144 Å². The first kappa shape index (κ1) is 36.2. The molecule has 4 aromatic rings. The van der Waals surface area contributed by atoms with Crippen LogP contribution in [0, 0.1) is 0 Å². The van der Waals surface area contributed by atoms with Gasteiger partial charge < -0.3 is 14.0 Å². The number of fused-ring (bicyclic) bond motifs is 1. The van der Waals surface area contributed by atoms with E-state index in [1.165, 1.54) is 22.7 Å². The zero-order valence-electron chi connectivity index (χ0n) is 25.2. The molecule has 0 amide bonds. The van der Waals surface area contributed by atoms with Crippen LogP contribution in [0.25, 0.3) is 29.0 Å². The number of benzene rings is 2. The maximum atomic E-state index is 13.4. The third-order valence-corrected chi connectivity index (χ3v) is 10.6. The molecule has 0 N–H and O–H groups in total. The number of thiazole rings is 2. The molecule has 0 fully saturated rings. The summed E-state index contributed by atoms with van der Waals surface area (Å²) in [5.74, 6) is -0.986. The fraction of sp³-hybridized carbons (Fsp3) is 0.226. The van der Waals surface area contributed by atoms with Gasteiger partial charge in [-0.2, -0.15) is 4.57 Å². The van der Waals surface area contributed by atoms with Crippen LogP contribution in [0.4, 0.5) is 5.69 Å². The van der Waals surface area contributed by atoms with E-state index < -0.39 is 31.7 Å². The van der Waals surface area contributed by atoms with Gasteiger partial charge in [0.15, 0.2) is 6.54 Å². The Labute approximate surface area is 297 Å². The Kier molecular flexibility index (Phi) is 12.2. The summed E-state index contributed by atoms with van der Waals surface area (Å²) in [4.78, 5) is 15.1. The third kappa shape index (κ3) is 9.02. The van der Waals surface area contributed by atoms with E-state index in [0.717, 1.165) is 37.8 Å². The van der Waals surface area contributed by atoms with E-state index in [1.807, 2.05) is 89.7 Å². The first-order valence-corrected chi connectivity index (χ1v) is 18.9. The molecule has 0 bridgehead atoms. The van der Waals surface area contributed by atoms with E-state index in [1.54, 1.807) is 21.7 Å². The zero-order chi connectivity index (χ0) is 32.2. The van der Waals surface area contributed by atoms with Crippen molar-refractivity contribution in [3.05, 3.63) is 108 Å². The molecular formula is C31H30N3NaO7S4. The van der Waals surface area contributed by atoms with E-state index in [-0.39, 0.29) is 48.1 Å². The normalized spacial score (nSPS) is 14.9. The minimum absolute atomic E-state index is 0. The summed E-state index contributed by atoms with van der Waals surface area (Å²) in [5.41, 5.74) is 4.11. The smallest absolute Gasteiger partial charge is 0.748 e. The molecule has 46 heavy (non-hydrogen) atoms. The molecule has 0 aliphatic carbocycles. The van der Waals surface area contributed by atoms with Crippen LogP contribution < -0.4 is 53.8 Å². The fourth-order valence-corrected chi connectivity index (χ4v) is 8.05. The maximum absolute atomic E-state index is 13.4. The van der Waals surface area contributed by atoms with E-state index in [9.17, 15) is 30.7 Å². The van der Waals surface area contributed by atoms with Gasteiger partial charge >= 0.3 is 29.6 Å². The zero-order valence-corrected chi connectivity index (χ0v) is 30.5. The molecule has 236 valence electrons. The second-order valence-electron chi connectivity index (χ2n) is 10.2. The Morgan fingerprint density at radius 1 is 0.935 bits per heavy atom. The number of nitrogens with zero attached hydrogens (tertiary/aromatic N) is 3. The van der Waals surface area contributed by atoms with Gasteiger partial charge in [-0.1, -0.05) is 53.8 Å². The summed E-state index contributed by atoms with van der Waals surface area (Å²) >= 11 is 2.81. The molecule has 0 unspecified atom stereocenters. The van der Waals surface area contributed by atoms with Crippen molar-refractivity contribution in [2.24, 2.45) is 0 Å². The van der Waals surface area contributed by atoms with E-state index in [4.69, 9.17) is 0 Å². The minimum Gasteiger partial charge on any atom is -0.748 e. The van der Waals surface area contributed by atoms with Crippen LogP contribution in [0.2, 0.25) is 0 Å². The van der Waals surface area contributed by atoms with Crippen LogP contribution in [0.3, 0.4) is 0 Å². The Balaban J connectivity index is 0.00000480. The molecule has 0 saturated heterocycles. The monoisotopic (exact) mass is 707 g/mol. The number of para-hydroxylation sites is 1. The molecule has 0 radical (unpaired) electrons. The summed E-state index contributed by atoms with van der Waals surface area (Å²) < 4.78 is 72.3. The molecule has 0 spiro atoms. The van der Waals surface area contributed by atoms with E-state index in [2.05, 4.69) is 0 Å². The molecule has 2 aromatic carbocycles. The number of allylic oxidation sites excluding steroid dienone is 3. The van der Waals surface area contributed by atoms with Gasteiger partial charge in [0.1, 0.15) is 4.66 Å². The molecule has 5 rings (SSSR count). The van der Waals surface area contributed by atoms with Gasteiger partial charge in [-0.3, -0.25) is 9.36 Å². The SMILES string of the molecule is CCn1c(=O)/c(=C\C=C2/C=CN(CCS(=O)(=O)[O-])c3ccccc32)s/c1=C/c1scc(-c2ccccc2)[n+]1CCCS(=O)(=O)[O-].[Na+]. The summed E-state index contributed by atoms with van der Waals surface area (Å²) in [6, 6.07) is 17.1. The van der Waals surface area contributed by atoms with Gasteiger partial charge in [0.25, 0.3) is 10.6 Å². The predicted octanol–water partition coefficient (Wildman–Crippen LogP) is -0.543. The largest absolute Gasteiger partial charge is 1.00 e. The van der Waals surface area contributed by atoms with Crippen molar-refractivity contribution in [1.82, 2.24) is 4.57 Å². The average molecular weight is 708 g/mol. The van der Waals surface area contributed by atoms with Crippen molar-refractivity contribution in [3.63, 3.8) is 0 Å². The Morgan fingerprint density at radius 2 is 1.63 bits per heavy atom. The van der Waals surface area contributed by atoms with Crippen molar-refractivity contribution >= 4 is 66.3 Å². The average Bonchev–Trinajstić information content (AvgIpc) is 3.53. The van der Waals surface area contributed by atoms with Crippen molar-refractivity contribution < 1.29 is 60.1 Å². The number of hydrogen-bond acceptors (Lipinski definition) is 10. The molecule has 0 saturated carbocycles. The first-order valence-electron chi connectivity index (χ1n) is 14.0. The predicted molar refractivity (Wildman–Crippen MR) is 176 cm³/mol. The van der Waals surface area contributed by atoms with Crippen molar-refractivity contribution in [2.45, 2.75) is 26.4 Å². The minimum atomic E-state index is -4.37. The van der Waals surface area contributed by atoms with Crippen LogP contribution in [0.1, 0.15) is 23.9 Å². The van der Waals surface area contributed by atoms with E-state index >= 15 is 0 Å². The molecular weight excluding hydrogens is 678 g/mol. The van der Waals surface area contributed by atoms with Crippen LogP contribution in [0.15, 0.2) is 83.1 Å². The van der Waals surface area contributed by atoms with Gasteiger partial charge in [0.05, 0.1) is 42.0 Å². The van der Waals surface area contributed by atoms with Gasteiger partial charge in [-0.25, -0.2) is 16.8 Å². The second-order valence-corrected chi connectivity index (χ2v) is 15.2. The fourth-order valence-electron chi connectivity index (χ4n) is 5.02. The van der Waals surface area contributed by atoms with Crippen molar-refractivity contribution in [3.8, 4) is 11.3 Å². The van der Waals surface area contributed by atoms with Crippen LogP contribution in [0.5, 0.6) is 0 Å². The summed E-state index contributed by atoms with van der Waals surface area (Å²) in [5, 5.41) is 2.80. The standard InChI is InChI=1S/C31H31N3O7S4.Na/c1-2-33-30(21-29-34(16-8-19-44(36,37)38)27(22-42-29)24-9-4-3-5-10-24)43-28(31(33)35)14-13-23-15-17-32(18-20-45(39,40)41)26-12-7-6-11-25(23)26;/h3-7,9-15,17,21-22H,2,8,16,18-20H2,1H3,(H-,36,37,38,39,40,41);/q;+1/p-1/b23-13+,28-14+;. The molecule has 3 heterocycles. The number of anilines is 1. The quantitative estimate of drug-likeness (QED) is 0.115. The number of aromatic nitrogens is 2. The Hall–Kier alpha value is -2.66. The number of hydrogen-bond donors (Lipinski definition) is 0. The Bertz CT molecular complexity index is 2170. The third-order valence-electron chi connectivity index (χ3n) is 7.15. The van der Waals surface area contributed by atoms with Crippen molar-refractivity contribution in [2.75, 3.05) is 23.0 Å². The summed E-state index contributed by atoms with van der Waals surface area (Å²) in [7, 11) is -8.72. The van der Waals surface area contributed by atoms with Gasteiger partial charge in [0.2, 0.25) is 5.69 Å². The molecule has 15 heteroatoms. The van der Waals surface area contributed by atoms with Crippen LogP contribution >= 0.6 is 22.7 Å². The van der Waals surface area contributed by atoms with Crippen LogP contribution in [-0.2, 0) is 33.3 Å². The summed E-state index contributed by atoms with van der Waals surface area (Å²) in [6.45, 7) is 2.68. The molecule has 2 aromatic heterocycles. The summed E-state index contributed by atoms with van der Waals surface area (Å²) in [6.07, 6.45) is 9.23. The first-order chi connectivity index (χ1) is 21.4. The molecule has 10 nitrogen and oxygen atoms in total. The second kappa shape index (κ2) is 15.5. The molecule has 0 atom stereocenters. The van der Waals surface area contributed by atoms with Crippen LogP contribution in [-0.4, -0.2) is 48.6 Å². The molecule has 1 aliphatic rings. The maximum Gasteiger partial charge on any atom is 1.00 e. The van der Waals surface area contributed by atoms with E-state index in [0.29, 0.717) is 17.6 Å². The van der Waals surface area contributed by atoms with Gasteiger partial charge in [0, 0.05) is 48.3 Å². The molecule has 1 aliphatic heterocycles. The van der Waals surface area contributed by atoms with Gasteiger partial charge in [-0.15, -0.1) is 11.3 Å². The Morgan fingerprint density at radius 3 is 2.33 bits per heavy atom. The van der Waals surface area contributed by atoms with Gasteiger partial charge in [-0.05, 0) is 42.8 Å². The van der Waals surface area contributed by atoms with Crippen molar-refractivity contribution in [1.29, 1.82) is 0 Å². The number of rotatable bonds is 11.